The van der Waals surface area contributed by atoms with Gasteiger partial charge in [0.15, 0.2) is 0 Å². The Morgan fingerprint density at radius 3 is 2.59 bits per heavy atom. The first-order chi connectivity index (χ1) is 10.2. The lowest BCUT2D eigenvalue weighted by Crippen LogP contribution is -2.19. The fourth-order valence-corrected chi connectivity index (χ4v) is 3.30. The zero-order valence-electron chi connectivity index (χ0n) is 15.5. The number of hydrogen-bond acceptors (Lipinski definition) is 0. The predicted molar refractivity (Wildman–Crippen MR) is 101 cm³/mol. The maximum absolute atomic E-state index is 3.97. The van der Waals surface area contributed by atoms with Crippen molar-refractivity contribution in [3.63, 3.8) is 0 Å². The van der Waals surface area contributed by atoms with Crippen molar-refractivity contribution in [1.82, 2.24) is 0 Å². The van der Waals surface area contributed by atoms with E-state index in [0.717, 1.165) is 6.42 Å². The van der Waals surface area contributed by atoms with Crippen LogP contribution in [-0.4, -0.2) is 0 Å². The number of hydrogen-bond donors (Lipinski definition) is 0. The summed E-state index contributed by atoms with van der Waals surface area (Å²) in [6.07, 6.45) is 16.2. The summed E-state index contributed by atoms with van der Waals surface area (Å²) in [6, 6.07) is 0. The Bertz CT molecular complexity index is 506. The highest BCUT2D eigenvalue weighted by molar-refractivity contribution is 5.36. The van der Waals surface area contributed by atoms with Gasteiger partial charge in [-0.25, -0.2) is 0 Å². The molecule has 0 spiro atoms. The Labute approximate surface area is 138 Å². The molecule has 0 heterocycles. The molecule has 0 bridgehead atoms. The van der Waals surface area contributed by atoms with Crippen molar-refractivity contribution in [2.45, 2.75) is 67.2 Å². The molecule has 0 aromatic heterocycles. The van der Waals surface area contributed by atoms with Crippen molar-refractivity contribution in [3.8, 4) is 0 Å². The molecule has 1 atom stereocenters. The minimum atomic E-state index is 0.324. The molecule has 22 heavy (non-hydrogen) atoms. The topological polar surface area (TPSA) is 0 Å². The molecule has 1 unspecified atom stereocenters. The first kappa shape index (κ1) is 18.7. The van der Waals surface area contributed by atoms with E-state index in [-0.39, 0.29) is 0 Å². The van der Waals surface area contributed by atoms with Crippen LogP contribution in [0.3, 0.4) is 0 Å². The van der Waals surface area contributed by atoms with Crippen LogP contribution in [0, 0.1) is 11.3 Å². The van der Waals surface area contributed by atoms with E-state index in [1.807, 2.05) is 0 Å². The Balaban J connectivity index is 2.71. The average molecular weight is 299 g/mol. The largest absolute Gasteiger partial charge is 0.100 e. The zero-order valence-corrected chi connectivity index (χ0v) is 15.5. The molecule has 1 aliphatic rings. The van der Waals surface area contributed by atoms with E-state index >= 15 is 0 Å². The molecular weight excluding hydrogens is 264 g/mol. The van der Waals surface area contributed by atoms with Gasteiger partial charge >= 0.3 is 0 Å². The van der Waals surface area contributed by atoms with Crippen LogP contribution in [0.15, 0.2) is 59.3 Å². The Morgan fingerprint density at radius 2 is 2.00 bits per heavy atom. The van der Waals surface area contributed by atoms with Crippen LogP contribution in [0.25, 0.3) is 0 Å². The fourth-order valence-electron chi connectivity index (χ4n) is 3.30. The summed E-state index contributed by atoms with van der Waals surface area (Å²) in [5.74, 6) is 0.563. The van der Waals surface area contributed by atoms with E-state index in [0.29, 0.717) is 11.3 Å². The molecule has 0 radical (unpaired) electrons. The summed E-state index contributed by atoms with van der Waals surface area (Å²) in [5.41, 5.74) is 5.97. The number of allylic oxidation sites excluding steroid dienone is 9. The van der Waals surface area contributed by atoms with Gasteiger partial charge in [0.1, 0.15) is 0 Å². The Morgan fingerprint density at radius 1 is 1.32 bits per heavy atom. The van der Waals surface area contributed by atoms with Gasteiger partial charge in [0, 0.05) is 0 Å². The quantitative estimate of drug-likeness (QED) is 0.360. The van der Waals surface area contributed by atoms with Crippen molar-refractivity contribution in [2.24, 2.45) is 11.3 Å². The lowest BCUT2D eigenvalue weighted by Gasteiger charge is -2.32. The molecule has 0 saturated heterocycles. The SMILES string of the molecule is C=C(C)CC(C)/C=C/C=C(C)\C=C\C1=C(C)CCCC1(C)C. The highest BCUT2D eigenvalue weighted by atomic mass is 14.3. The molecule has 0 aromatic carbocycles. The van der Waals surface area contributed by atoms with Crippen LogP contribution < -0.4 is 0 Å². The molecule has 0 heteroatoms. The van der Waals surface area contributed by atoms with Crippen molar-refractivity contribution in [1.29, 1.82) is 0 Å². The van der Waals surface area contributed by atoms with Crippen molar-refractivity contribution < 1.29 is 0 Å². The normalized spacial score (nSPS) is 20.9. The monoisotopic (exact) mass is 298 g/mol. The van der Waals surface area contributed by atoms with E-state index in [9.17, 15) is 0 Å². The Kier molecular flexibility index (Phi) is 7.13. The fraction of sp³-hybridized carbons (Fsp3) is 0.545. The molecule has 0 fully saturated rings. The van der Waals surface area contributed by atoms with Gasteiger partial charge in [-0.2, -0.15) is 0 Å². The molecule has 0 nitrogen and oxygen atoms in total. The third kappa shape index (κ3) is 6.22. The summed E-state index contributed by atoms with van der Waals surface area (Å²) in [7, 11) is 0. The minimum Gasteiger partial charge on any atom is -0.100 e. The second kappa shape index (κ2) is 8.36. The van der Waals surface area contributed by atoms with Crippen molar-refractivity contribution >= 4 is 0 Å². The third-order valence-corrected chi connectivity index (χ3v) is 4.52. The van der Waals surface area contributed by atoms with Gasteiger partial charge in [0.2, 0.25) is 0 Å². The first-order valence-electron chi connectivity index (χ1n) is 8.60. The summed E-state index contributed by atoms with van der Waals surface area (Å²) in [4.78, 5) is 0. The smallest absolute Gasteiger partial charge is 0.0104 e. The van der Waals surface area contributed by atoms with E-state index in [2.05, 4.69) is 78.5 Å². The van der Waals surface area contributed by atoms with Crippen molar-refractivity contribution in [3.05, 3.63) is 59.3 Å². The van der Waals surface area contributed by atoms with Gasteiger partial charge in [0.25, 0.3) is 0 Å². The molecule has 0 aliphatic heterocycles. The molecular formula is C22H34. The van der Waals surface area contributed by atoms with Gasteiger partial charge in [0.05, 0.1) is 0 Å². The highest BCUT2D eigenvalue weighted by Crippen LogP contribution is 2.40. The van der Waals surface area contributed by atoms with Gasteiger partial charge in [-0.3, -0.25) is 0 Å². The molecule has 0 amide bonds. The van der Waals surface area contributed by atoms with Crippen LogP contribution in [-0.2, 0) is 0 Å². The lowest BCUT2D eigenvalue weighted by molar-refractivity contribution is 0.377. The van der Waals surface area contributed by atoms with Crippen LogP contribution in [0.2, 0.25) is 0 Å². The second-order valence-corrected chi connectivity index (χ2v) is 7.70. The average Bonchev–Trinajstić information content (AvgIpc) is 2.36. The molecule has 1 rings (SSSR count). The third-order valence-electron chi connectivity index (χ3n) is 4.52. The van der Waals surface area contributed by atoms with E-state index in [1.165, 1.54) is 36.0 Å². The van der Waals surface area contributed by atoms with Gasteiger partial charge in [-0.15, -0.1) is 6.58 Å². The van der Waals surface area contributed by atoms with Crippen LogP contribution in [0.4, 0.5) is 0 Å². The molecule has 122 valence electrons. The van der Waals surface area contributed by atoms with Crippen LogP contribution in [0.1, 0.15) is 67.2 Å². The lowest BCUT2D eigenvalue weighted by atomic mass is 9.72. The first-order valence-corrected chi connectivity index (χ1v) is 8.60. The molecule has 1 aliphatic carbocycles. The van der Waals surface area contributed by atoms with Crippen molar-refractivity contribution in [2.75, 3.05) is 0 Å². The Hall–Kier alpha value is -1.30. The maximum Gasteiger partial charge on any atom is -0.0104 e. The van der Waals surface area contributed by atoms with Gasteiger partial charge in [-0.1, -0.05) is 67.9 Å². The highest BCUT2D eigenvalue weighted by Gasteiger charge is 2.26. The molecule has 0 N–H and O–H groups in total. The summed E-state index contributed by atoms with van der Waals surface area (Å²) < 4.78 is 0. The minimum absolute atomic E-state index is 0.324. The standard InChI is InChI=1S/C22H34/c1-17(2)16-19(4)11-8-10-18(3)13-14-21-20(5)12-9-15-22(21,6)7/h8,10-11,13-14,19H,1,9,12,15-16H2,2-7H3/b11-8+,14-13+,18-10-. The molecule has 0 aromatic rings. The van der Waals surface area contributed by atoms with Crippen LogP contribution in [0.5, 0.6) is 0 Å². The second-order valence-electron chi connectivity index (χ2n) is 7.70. The summed E-state index contributed by atoms with van der Waals surface area (Å²) >= 11 is 0. The predicted octanol–water partition coefficient (Wildman–Crippen LogP) is 7.17. The van der Waals surface area contributed by atoms with Gasteiger partial charge < -0.3 is 0 Å². The molecule has 0 saturated carbocycles. The van der Waals surface area contributed by atoms with E-state index in [4.69, 9.17) is 0 Å². The summed E-state index contributed by atoms with van der Waals surface area (Å²) in [6.45, 7) is 17.5. The zero-order chi connectivity index (χ0) is 16.8. The summed E-state index contributed by atoms with van der Waals surface area (Å²) in [5, 5.41) is 0. The van der Waals surface area contributed by atoms with Crippen LogP contribution >= 0.6 is 0 Å². The van der Waals surface area contributed by atoms with E-state index < -0.39 is 0 Å². The van der Waals surface area contributed by atoms with Gasteiger partial charge in [-0.05, 0) is 63.4 Å². The number of rotatable bonds is 6. The van der Waals surface area contributed by atoms with E-state index in [1.54, 1.807) is 5.57 Å². The maximum atomic E-state index is 3.97.